The van der Waals surface area contributed by atoms with Crippen LogP contribution in [0.15, 0.2) is 0 Å². The van der Waals surface area contributed by atoms with Gasteiger partial charge in [0.2, 0.25) is 0 Å². The first kappa shape index (κ1) is 30.6. The van der Waals surface area contributed by atoms with Gasteiger partial charge in [-0.1, -0.05) is 61.3 Å². The van der Waals surface area contributed by atoms with Crippen molar-refractivity contribution in [1.29, 1.82) is 0 Å². The van der Waals surface area contributed by atoms with Crippen LogP contribution >= 0.6 is 0 Å². The molecule has 206 valence electrons. The number of amides is 1. The second-order valence-electron chi connectivity index (χ2n) is 13.4. The lowest BCUT2D eigenvalue weighted by molar-refractivity contribution is -0.175. The quantitative estimate of drug-likeness (QED) is 0.315. The molecule has 1 atom stereocenters. The van der Waals surface area contributed by atoms with Crippen LogP contribution < -0.4 is 5.32 Å². The van der Waals surface area contributed by atoms with Gasteiger partial charge in [-0.2, -0.15) is 0 Å². The minimum atomic E-state index is -0.772. The van der Waals surface area contributed by atoms with Gasteiger partial charge in [0.05, 0.1) is 12.2 Å². The van der Waals surface area contributed by atoms with Crippen LogP contribution in [0.3, 0.4) is 0 Å². The Morgan fingerprint density at radius 3 is 1.80 bits per heavy atom. The first-order valence-corrected chi connectivity index (χ1v) is 14.5. The molecule has 0 saturated carbocycles. The van der Waals surface area contributed by atoms with Crippen LogP contribution in [0.2, 0.25) is 0 Å². The first-order valence-electron chi connectivity index (χ1n) is 14.5. The number of carbonyl (C=O) groups is 1. The second-order valence-corrected chi connectivity index (χ2v) is 13.4. The molecule has 2 aliphatic heterocycles. The highest BCUT2D eigenvalue weighted by Crippen LogP contribution is 2.51. The molecule has 35 heavy (non-hydrogen) atoms. The van der Waals surface area contributed by atoms with Gasteiger partial charge in [0, 0.05) is 36.4 Å². The average Bonchev–Trinajstić information content (AvgIpc) is 3.00. The maximum atomic E-state index is 14.5. The van der Waals surface area contributed by atoms with Gasteiger partial charge in [0.15, 0.2) is 5.60 Å². The Bertz CT molecular complexity index is 701. The highest BCUT2D eigenvalue weighted by molar-refractivity contribution is 5.88. The standard InChI is InChI=1S/C30H58N2O3/c1-13-27(11,14-2)23(20-34-28(12,15-3)16-4)19-32-24(33)29(35-30(32,17-5)18-6)21-25(7,8)31-26(9,10)22-29/h23,31H,13-22H2,1-12H3. The molecule has 5 nitrogen and oxygen atoms in total. The van der Waals surface area contributed by atoms with E-state index in [2.05, 4.69) is 93.3 Å². The molecule has 0 bridgehead atoms. The van der Waals surface area contributed by atoms with Crippen molar-refractivity contribution in [2.75, 3.05) is 13.2 Å². The highest BCUT2D eigenvalue weighted by atomic mass is 16.6. The summed E-state index contributed by atoms with van der Waals surface area (Å²) in [6.45, 7) is 28.1. The predicted molar refractivity (Wildman–Crippen MR) is 146 cm³/mol. The Morgan fingerprint density at radius 1 is 0.914 bits per heavy atom. The Morgan fingerprint density at radius 2 is 1.40 bits per heavy atom. The first-order chi connectivity index (χ1) is 16.0. The van der Waals surface area contributed by atoms with Gasteiger partial charge in [0.1, 0.15) is 5.72 Å². The van der Waals surface area contributed by atoms with Crippen molar-refractivity contribution in [2.45, 2.75) is 162 Å². The fourth-order valence-corrected chi connectivity index (χ4v) is 6.91. The second kappa shape index (κ2) is 10.6. The molecule has 1 unspecified atom stereocenters. The van der Waals surface area contributed by atoms with E-state index in [1.165, 1.54) is 0 Å². The Balaban J connectivity index is 2.49. The highest BCUT2D eigenvalue weighted by Gasteiger charge is 2.64. The van der Waals surface area contributed by atoms with Gasteiger partial charge in [-0.05, 0) is 65.7 Å². The van der Waals surface area contributed by atoms with Crippen LogP contribution in [0.5, 0.6) is 0 Å². The summed E-state index contributed by atoms with van der Waals surface area (Å²) < 4.78 is 13.7. The average molecular weight is 495 g/mol. The summed E-state index contributed by atoms with van der Waals surface area (Å²) in [5.41, 5.74) is -1.70. The number of ether oxygens (including phenoxy) is 2. The van der Waals surface area contributed by atoms with E-state index in [9.17, 15) is 4.79 Å². The maximum absolute atomic E-state index is 14.5. The molecule has 0 aliphatic carbocycles. The van der Waals surface area contributed by atoms with E-state index in [0.717, 1.165) is 38.5 Å². The molecule has 1 N–H and O–H groups in total. The molecule has 0 aromatic heterocycles. The van der Waals surface area contributed by atoms with E-state index in [0.29, 0.717) is 26.0 Å². The summed E-state index contributed by atoms with van der Waals surface area (Å²) in [4.78, 5) is 16.6. The third-order valence-corrected chi connectivity index (χ3v) is 9.88. The van der Waals surface area contributed by atoms with Gasteiger partial charge in [0.25, 0.3) is 5.91 Å². The summed E-state index contributed by atoms with van der Waals surface area (Å²) in [6, 6.07) is 0. The number of hydrogen-bond acceptors (Lipinski definition) is 4. The van der Waals surface area contributed by atoms with Crippen LogP contribution in [0, 0.1) is 11.3 Å². The summed E-state index contributed by atoms with van der Waals surface area (Å²) in [7, 11) is 0. The largest absolute Gasteiger partial charge is 0.375 e. The van der Waals surface area contributed by atoms with Crippen LogP contribution in [0.1, 0.15) is 134 Å². The fourth-order valence-electron chi connectivity index (χ4n) is 6.91. The molecular weight excluding hydrogens is 436 g/mol. The van der Waals surface area contributed by atoms with Crippen molar-refractivity contribution < 1.29 is 14.3 Å². The maximum Gasteiger partial charge on any atom is 0.257 e. The smallest absolute Gasteiger partial charge is 0.257 e. The zero-order valence-electron chi connectivity index (χ0n) is 25.3. The number of rotatable bonds is 12. The molecule has 2 fully saturated rings. The molecule has 2 heterocycles. The normalized spacial score (nSPS) is 24.2. The van der Waals surface area contributed by atoms with Gasteiger partial charge < -0.3 is 19.7 Å². The van der Waals surface area contributed by atoms with Gasteiger partial charge in [-0.3, -0.25) is 4.79 Å². The summed E-state index contributed by atoms with van der Waals surface area (Å²) in [5.74, 6) is 0.440. The van der Waals surface area contributed by atoms with Crippen LogP contribution in [-0.4, -0.2) is 52.0 Å². The van der Waals surface area contributed by atoms with E-state index in [1.54, 1.807) is 0 Å². The molecule has 1 spiro atoms. The summed E-state index contributed by atoms with van der Waals surface area (Å²) in [5, 5.41) is 3.74. The Kier molecular flexibility index (Phi) is 9.27. The monoisotopic (exact) mass is 494 g/mol. The SMILES string of the molecule is CCC(C)(CC)OCC(CN1C(=O)C2(CC(C)(C)NC(C)(C)C2)OC1(CC)CC)C(C)(CC)CC. The number of hydrogen-bond donors (Lipinski definition) is 1. The summed E-state index contributed by atoms with van der Waals surface area (Å²) >= 11 is 0. The van der Waals surface area contributed by atoms with Crippen LogP contribution in [-0.2, 0) is 14.3 Å². The molecule has 2 rings (SSSR count). The molecule has 2 saturated heterocycles. The molecular formula is C30H58N2O3. The van der Waals surface area contributed by atoms with Crippen molar-refractivity contribution >= 4 is 5.91 Å². The third kappa shape index (κ3) is 6.09. The van der Waals surface area contributed by atoms with Gasteiger partial charge in [-0.25, -0.2) is 0 Å². The van der Waals surface area contributed by atoms with Crippen molar-refractivity contribution in [2.24, 2.45) is 11.3 Å². The van der Waals surface area contributed by atoms with E-state index in [-0.39, 0.29) is 33.9 Å². The lowest BCUT2D eigenvalue weighted by Crippen LogP contribution is -2.65. The zero-order chi connectivity index (χ0) is 26.9. The molecule has 1 amide bonds. The van der Waals surface area contributed by atoms with Gasteiger partial charge >= 0.3 is 0 Å². The van der Waals surface area contributed by atoms with Crippen molar-refractivity contribution in [3.05, 3.63) is 0 Å². The van der Waals surface area contributed by atoms with Crippen LogP contribution in [0.4, 0.5) is 0 Å². The molecule has 5 heteroatoms. The van der Waals surface area contributed by atoms with E-state index in [1.807, 2.05) is 0 Å². The topological polar surface area (TPSA) is 50.8 Å². The van der Waals surface area contributed by atoms with Gasteiger partial charge in [-0.15, -0.1) is 0 Å². The predicted octanol–water partition coefficient (Wildman–Crippen LogP) is 7.08. The lowest BCUT2D eigenvalue weighted by Gasteiger charge is -2.50. The molecule has 0 aromatic carbocycles. The molecule has 0 radical (unpaired) electrons. The molecule has 2 aliphatic rings. The van der Waals surface area contributed by atoms with Crippen molar-refractivity contribution in [1.82, 2.24) is 10.2 Å². The number of piperidine rings is 1. The van der Waals surface area contributed by atoms with Crippen molar-refractivity contribution in [3.8, 4) is 0 Å². The number of carbonyl (C=O) groups excluding carboxylic acids is 1. The zero-order valence-corrected chi connectivity index (χ0v) is 25.3. The minimum Gasteiger partial charge on any atom is -0.375 e. The molecule has 0 aromatic rings. The Labute approximate surface area is 217 Å². The fraction of sp³-hybridized carbons (Fsp3) is 0.967. The Hall–Kier alpha value is -0.650. The van der Waals surface area contributed by atoms with E-state index in [4.69, 9.17) is 9.47 Å². The van der Waals surface area contributed by atoms with Crippen molar-refractivity contribution in [3.63, 3.8) is 0 Å². The lowest BCUT2D eigenvalue weighted by atomic mass is 9.71. The summed E-state index contributed by atoms with van der Waals surface area (Å²) in [6.07, 6.45) is 7.11. The third-order valence-electron chi connectivity index (χ3n) is 9.88. The van der Waals surface area contributed by atoms with E-state index >= 15 is 0 Å². The number of nitrogens with zero attached hydrogens (tertiary/aromatic N) is 1. The van der Waals surface area contributed by atoms with Crippen LogP contribution in [0.25, 0.3) is 0 Å². The number of nitrogens with one attached hydrogen (secondary N) is 1. The minimum absolute atomic E-state index is 0.0955. The van der Waals surface area contributed by atoms with E-state index < -0.39 is 11.3 Å².